The Labute approximate surface area is 179 Å². The van der Waals surface area contributed by atoms with E-state index < -0.39 is 0 Å². The second kappa shape index (κ2) is 8.66. The maximum Gasteiger partial charge on any atom is 0.317 e. The Hall–Kier alpha value is -2.21. The van der Waals surface area contributed by atoms with E-state index in [0.717, 1.165) is 34.9 Å². The van der Waals surface area contributed by atoms with Crippen LogP contribution in [-0.4, -0.2) is 46.8 Å². The summed E-state index contributed by atoms with van der Waals surface area (Å²) in [5, 5.41) is 14.6. The number of amides is 2. The Morgan fingerprint density at radius 2 is 2.00 bits per heavy atom. The Morgan fingerprint density at radius 3 is 2.72 bits per heavy atom. The van der Waals surface area contributed by atoms with E-state index >= 15 is 0 Å². The molecule has 0 bridgehead atoms. The monoisotopic (exact) mass is 431 g/mol. The molecule has 1 saturated carbocycles. The molecular weight excluding hydrogens is 409 g/mol. The molecule has 7 heteroatoms. The molecule has 2 amide bonds. The quantitative estimate of drug-likeness (QED) is 0.503. The lowest BCUT2D eigenvalue weighted by Crippen LogP contribution is -2.44. The van der Waals surface area contributed by atoms with Gasteiger partial charge in [0.1, 0.15) is 0 Å². The Kier molecular flexibility index (Phi) is 5.99. The van der Waals surface area contributed by atoms with Crippen LogP contribution in [0.3, 0.4) is 0 Å². The topological polar surface area (TPSA) is 68.4 Å². The Balaban J connectivity index is 1.64. The van der Waals surface area contributed by atoms with Gasteiger partial charge in [0, 0.05) is 52.2 Å². The van der Waals surface area contributed by atoms with Crippen molar-refractivity contribution in [2.24, 2.45) is 0 Å². The molecule has 2 aromatic carbocycles. The summed E-state index contributed by atoms with van der Waals surface area (Å²) in [5.41, 5.74) is 3.00. The fourth-order valence-electron chi connectivity index (χ4n) is 3.79. The van der Waals surface area contributed by atoms with E-state index in [2.05, 4.69) is 16.4 Å². The van der Waals surface area contributed by atoms with Crippen LogP contribution in [0.15, 0.2) is 48.7 Å². The molecule has 29 heavy (non-hydrogen) atoms. The van der Waals surface area contributed by atoms with E-state index in [1.54, 1.807) is 11.0 Å². The van der Waals surface area contributed by atoms with Crippen molar-refractivity contribution < 1.29 is 9.90 Å². The molecule has 1 aliphatic carbocycles. The molecule has 1 unspecified atom stereocenters. The van der Waals surface area contributed by atoms with Crippen molar-refractivity contribution in [3.05, 3.63) is 69.8 Å². The van der Waals surface area contributed by atoms with Crippen LogP contribution >= 0.6 is 23.2 Å². The number of aliphatic hydroxyl groups excluding tert-OH is 1. The lowest BCUT2D eigenvalue weighted by atomic mass is 9.91. The van der Waals surface area contributed by atoms with Crippen LogP contribution in [0.2, 0.25) is 10.0 Å². The third-order valence-electron chi connectivity index (χ3n) is 5.38. The number of fused-ring (bicyclic) bond motifs is 1. The number of urea groups is 1. The number of hydrogen-bond donors (Lipinski definition) is 3. The predicted molar refractivity (Wildman–Crippen MR) is 117 cm³/mol. The van der Waals surface area contributed by atoms with Crippen molar-refractivity contribution in [3.63, 3.8) is 0 Å². The molecular formula is C22H23Cl2N3O2. The van der Waals surface area contributed by atoms with Gasteiger partial charge in [0.15, 0.2) is 0 Å². The van der Waals surface area contributed by atoms with Gasteiger partial charge in [-0.1, -0.05) is 47.5 Å². The minimum absolute atomic E-state index is 0.0428. The smallest absolute Gasteiger partial charge is 0.317 e. The molecule has 0 saturated heterocycles. The number of aromatic amines is 1. The van der Waals surface area contributed by atoms with E-state index in [1.165, 1.54) is 0 Å². The summed E-state index contributed by atoms with van der Waals surface area (Å²) >= 11 is 12.6. The molecule has 4 rings (SSSR count). The summed E-state index contributed by atoms with van der Waals surface area (Å²) in [6.07, 6.45) is 3.95. The maximum atomic E-state index is 12.8. The third kappa shape index (κ3) is 4.37. The van der Waals surface area contributed by atoms with Crippen LogP contribution in [0.4, 0.5) is 4.79 Å². The van der Waals surface area contributed by atoms with Crippen molar-refractivity contribution in [1.29, 1.82) is 0 Å². The second-order valence-corrected chi connectivity index (χ2v) is 8.19. The van der Waals surface area contributed by atoms with E-state index in [4.69, 9.17) is 23.2 Å². The molecule has 1 aromatic heterocycles. The van der Waals surface area contributed by atoms with Gasteiger partial charge in [0.25, 0.3) is 0 Å². The summed E-state index contributed by atoms with van der Waals surface area (Å²) in [5.74, 6) is -0.143. The predicted octanol–water partition coefficient (Wildman–Crippen LogP) is 4.77. The van der Waals surface area contributed by atoms with Crippen LogP contribution < -0.4 is 5.32 Å². The highest BCUT2D eigenvalue weighted by atomic mass is 35.5. The molecule has 1 heterocycles. The van der Waals surface area contributed by atoms with Crippen molar-refractivity contribution in [2.75, 3.05) is 19.7 Å². The van der Waals surface area contributed by atoms with Crippen molar-refractivity contribution in [3.8, 4) is 0 Å². The summed E-state index contributed by atoms with van der Waals surface area (Å²) in [6.45, 7) is 0.686. The molecule has 1 atom stereocenters. The lowest BCUT2D eigenvalue weighted by Gasteiger charge is -2.25. The number of aromatic nitrogens is 1. The Bertz CT molecular complexity index is 1020. The molecule has 3 aromatic rings. The zero-order chi connectivity index (χ0) is 20.4. The first-order valence-corrected chi connectivity index (χ1v) is 10.5. The van der Waals surface area contributed by atoms with E-state index in [9.17, 15) is 9.90 Å². The number of halogens is 2. The van der Waals surface area contributed by atoms with Crippen molar-refractivity contribution in [1.82, 2.24) is 15.2 Å². The average molecular weight is 432 g/mol. The molecule has 0 radical (unpaired) electrons. The molecule has 3 N–H and O–H groups in total. The van der Waals surface area contributed by atoms with Gasteiger partial charge in [-0.3, -0.25) is 0 Å². The summed E-state index contributed by atoms with van der Waals surface area (Å²) in [7, 11) is 0. The van der Waals surface area contributed by atoms with Gasteiger partial charge in [-0.05, 0) is 42.2 Å². The number of rotatable bonds is 7. The largest absolute Gasteiger partial charge is 0.395 e. The van der Waals surface area contributed by atoms with Gasteiger partial charge < -0.3 is 20.3 Å². The number of aliphatic hydroxyl groups is 1. The molecule has 152 valence electrons. The van der Waals surface area contributed by atoms with E-state index in [1.807, 2.05) is 36.5 Å². The van der Waals surface area contributed by atoms with Crippen LogP contribution in [0, 0.1) is 0 Å². The number of nitrogens with one attached hydrogen (secondary N) is 2. The number of hydrogen-bond acceptors (Lipinski definition) is 2. The maximum absolute atomic E-state index is 12.8. The minimum atomic E-state index is -0.156. The number of carbonyl (C=O) groups is 1. The fraction of sp³-hybridized carbons (Fsp3) is 0.318. The van der Waals surface area contributed by atoms with Crippen molar-refractivity contribution >= 4 is 40.1 Å². The fourth-order valence-corrected chi connectivity index (χ4v) is 4.33. The number of H-pyrrole nitrogens is 1. The first kappa shape index (κ1) is 20.1. The van der Waals surface area contributed by atoms with Crippen molar-refractivity contribution in [2.45, 2.75) is 24.8 Å². The Morgan fingerprint density at radius 1 is 1.21 bits per heavy atom. The number of para-hydroxylation sites is 1. The van der Waals surface area contributed by atoms with Crippen LogP contribution in [0.5, 0.6) is 0 Å². The molecule has 1 aliphatic rings. The van der Waals surface area contributed by atoms with Crippen LogP contribution in [0.25, 0.3) is 10.9 Å². The van der Waals surface area contributed by atoms with Crippen LogP contribution in [-0.2, 0) is 0 Å². The van der Waals surface area contributed by atoms with Gasteiger partial charge in [0.2, 0.25) is 0 Å². The number of nitrogens with zero attached hydrogens (tertiary/aromatic N) is 1. The number of benzene rings is 2. The highest BCUT2D eigenvalue weighted by Gasteiger charge is 2.32. The minimum Gasteiger partial charge on any atom is -0.395 e. The third-order valence-corrected chi connectivity index (χ3v) is 5.94. The van der Waals surface area contributed by atoms with E-state index in [0.29, 0.717) is 23.1 Å². The van der Waals surface area contributed by atoms with Gasteiger partial charge in [-0.25, -0.2) is 4.79 Å². The molecule has 0 aliphatic heterocycles. The summed E-state index contributed by atoms with van der Waals surface area (Å²) in [4.78, 5) is 17.8. The van der Waals surface area contributed by atoms with Gasteiger partial charge in [-0.15, -0.1) is 0 Å². The first-order valence-electron chi connectivity index (χ1n) is 9.74. The molecule has 1 fully saturated rings. The summed E-state index contributed by atoms with van der Waals surface area (Å²) in [6, 6.07) is 13.6. The molecule has 5 nitrogen and oxygen atoms in total. The second-order valence-electron chi connectivity index (χ2n) is 7.34. The van der Waals surface area contributed by atoms with Gasteiger partial charge in [0.05, 0.1) is 6.61 Å². The zero-order valence-corrected chi connectivity index (χ0v) is 17.4. The molecule has 0 spiro atoms. The first-order chi connectivity index (χ1) is 14.1. The average Bonchev–Trinajstić information content (AvgIpc) is 3.46. The van der Waals surface area contributed by atoms with Gasteiger partial charge in [-0.2, -0.15) is 0 Å². The number of carbonyl (C=O) groups excluding carboxylic acids is 1. The SMILES string of the molecule is O=C(NCC(c1ccc(Cl)cc1Cl)c1c[nH]c2ccccc12)N(CCO)C1CC1. The van der Waals surface area contributed by atoms with E-state index in [-0.39, 0.29) is 24.6 Å². The standard InChI is InChI=1S/C22H23Cl2N3O2/c23-14-5-8-16(20(24)11-14)18(19-12-25-21-4-2-1-3-17(19)21)13-26-22(29)27(9-10-28)15-6-7-15/h1-5,8,11-12,15,18,25,28H,6-7,9-10,13H2,(H,26,29). The lowest BCUT2D eigenvalue weighted by molar-refractivity contribution is 0.173. The zero-order valence-electron chi connectivity index (χ0n) is 15.9. The van der Waals surface area contributed by atoms with Gasteiger partial charge >= 0.3 is 6.03 Å². The normalized spacial score (nSPS) is 14.7. The highest BCUT2D eigenvalue weighted by Crippen LogP contribution is 2.35. The van der Waals surface area contributed by atoms with Crippen LogP contribution in [0.1, 0.15) is 29.9 Å². The summed E-state index contributed by atoms with van der Waals surface area (Å²) < 4.78 is 0. The highest BCUT2D eigenvalue weighted by molar-refractivity contribution is 6.35.